The number of carbonyl (C=O) groups is 1. The second-order valence-electron chi connectivity index (χ2n) is 3.57. The minimum Gasteiger partial charge on any atom is -0.457 e. The Bertz CT molecular complexity index is 693. The highest BCUT2D eigenvalue weighted by atomic mass is 16.5. The molecular formula is C13H8N2O2. The number of nitrogens with zero attached hydrogens (tertiary/aromatic N) is 2. The van der Waals surface area contributed by atoms with Gasteiger partial charge in [-0.1, -0.05) is 18.2 Å². The minimum atomic E-state index is -0.461. The molecule has 0 aliphatic carbocycles. The number of carbonyl (C=O) groups excluding carboxylic acids is 1. The van der Waals surface area contributed by atoms with Crippen LogP contribution < -0.4 is 15.5 Å². The molecule has 0 spiro atoms. The molecule has 0 fully saturated rings. The number of rotatable bonds is 2. The molecule has 0 N–H and O–H groups in total. The zero-order valence-corrected chi connectivity index (χ0v) is 8.83. The molecule has 82 valence electrons. The zero-order valence-electron chi connectivity index (χ0n) is 8.83. The first-order chi connectivity index (χ1) is 8.31. The van der Waals surface area contributed by atoms with Crippen LogP contribution >= 0.6 is 0 Å². The monoisotopic (exact) mass is 224 g/mol. The molecule has 17 heavy (non-hydrogen) atoms. The molecule has 0 saturated carbocycles. The summed E-state index contributed by atoms with van der Waals surface area (Å²) in [7, 11) is 0. The van der Waals surface area contributed by atoms with Crippen LogP contribution in [0.3, 0.4) is 0 Å². The highest BCUT2D eigenvalue weighted by molar-refractivity contribution is 5.77. The van der Waals surface area contributed by atoms with Crippen LogP contribution in [0.2, 0.25) is 0 Å². The molecule has 4 heteroatoms. The summed E-state index contributed by atoms with van der Waals surface area (Å²) in [6.45, 7) is 0. The van der Waals surface area contributed by atoms with Gasteiger partial charge in [0.15, 0.2) is 0 Å². The third kappa shape index (κ3) is 1.92. The standard InChI is InChI=1S/C13H8N2O2/c16-13-14-11-7-6-10(8-12(11)15-13)17-9-4-2-1-3-5-9/h1-8H. The number of ether oxygens (including phenoxy) is 1. The summed E-state index contributed by atoms with van der Waals surface area (Å²) in [5.74, 6) is 1.39. The maximum Gasteiger partial charge on any atom is 0.368 e. The molecule has 2 aromatic carbocycles. The molecule has 0 unspecified atom stereocenters. The van der Waals surface area contributed by atoms with Gasteiger partial charge in [-0.2, -0.15) is 9.98 Å². The molecular weight excluding hydrogens is 216 g/mol. The van der Waals surface area contributed by atoms with Crippen molar-refractivity contribution in [2.45, 2.75) is 0 Å². The Labute approximate surface area is 96.9 Å². The van der Waals surface area contributed by atoms with Gasteiger partial charge in [-0.3, -0.25) is 0 Å². The van der Waals surface area contributed by atoms with Crippen LogP contribution in [0.25, 0.3) is 0 Å². The van der Waals surface area contributed by atoms with Crippen LogP contribution in [-0.2, 0) is 0 Å². The number of benzene rings is 2. The van der Waals surface area contributed by atoms with E-state index in [1.165, 1.54) is 0 Å². The van der Waals surface area contributed by atoms with Crippen molar-refractivity contribution in [1.82, 2.24) is 0 Å². The summed E-state index contributed by atoms with van der Waals surface area (Å²) >= 11 is 0. The summed E-state index contributed by atoms with van der Waals surface area (Å²) in [6.07, 6.45) is 0. The maximum atomic E-state index is 11.0. The van der Waals surface area contributed by atoms with E-state index in [0.29, 0.717) is 16.5 Å². The van der Waals surface area contributed by atoms with Crippen molar-refractivity contribution >= 4 is 6.03 Å². The SMILES string of the molecule is O=C1N=c2ccc(Oc3ccccc3)cc2=N1. The lowest BCUT2D eigenvalue weighted by Crippen LogP contribution is -2.20. The molecule has 0 radical (unpaired) electrons. The van der Waals surface area contributed by atoms with Gasteiger partial charge in [0.05, 0.1) is 10.7 Å². The van der Waals surface area contributed by atoms with Gasteiger partial charge < -0.3 is 4.74 Å². The first kappa shape index (κ1) is 9.72. The van der Waals surface area contributed by atoms with Crippen molar-refractivity contribution in [2.75, 3.05) is 0 Å². The van der Waals surface area contributed by atoms with Gasteiger partial charge in [0, 0.05) is 6.07 Å². The number of urea groups is 1. The van der Waals surface area contributed by atoms with E-state index in [1.807, 2.05) is 30.3 Å². The largest absolute Gasteiger partial charge is 0.457 e. The van der Waals surface area contributed by atoms with Crippen molar-refractivity contribution in [3.05, 3.63) is 59.2 Å². The molecule has 1 aliphatic heterocycles. The van der Waals surface area contributed by atoms with E-state index in [-0.39, 0.29) is 0 Å². The van der Waals surface area contributed by atoms with Crippen LogP contribution in [0, 0.1) is 0 Å². The van der Waals surface area contributed by atoms with Crippen molar-refractivity contribution in [1.29, 1.82) is 0 Å². The van der Waals surface area contributed by atoms with Crippen molar-refractivity contribution in [2.24, 2.45) is 9.98 Å². The molecule has 0 aromatic heterocycles. The fraction of sp³-hybridized carbons (Fsp3) is 0. The van der Waals surface area contributed by atoms with Crippen LogP contribution in [0.4, 0.5) is 4.79 Å². The van der Waals surface area contributed by atoms with E-state index < -0.39 is 6.03 Å². The van der Waals surface area contributed by atoms with Gasteiger partial charge in [-0.25, -0.2) is 4.79 Å². The molecule has 3 rings (SSSR count). The molecule has 4 nitrogen and oxygen atoms in total. The topological polar surface area (TPSA) is 51.0 Å². The number of fused-ring (bicyclic) bond motifs is 1. The highest BCUT2D eigenvalue weighted by Crippen LogP contribution is 2.18. The zero-order chi connectivity index (χ0) is 11.7. The van der Waals surface area contributed by atoms with Gasteiger partial charge in [0.1, 0.15) is 11.5 Å². The Kier molecular flexibility index (Phi) is 2.19. The van der Waals surface area contributed by atoms with E-state index in [2.05, 4.69) is 9.98 Å². The minimum absolute atomic E-state index is 0.461. The molecule has 2 aromatic rings. The Morgan fingerprint density at radius 3 is 2.41 bits per heavy atom. The molecule has 0 saturated heterocycles. The number of amides is 2. The smallest absolute Gasteiger partial charge is 0.368 e. The van der Waals surface area contributed by atoms with Gasteiger partial charge in [0.2, 0.25) is 0 Å². The van der Waals surface area contributed by atoms with Gasteiger partial charge in [-0.05, 0) is 24.3 Å². The molecule has 0 bridgehead atoms. The number of hydrogen-bond donors (Lipinski definition) is 0. The maximum absolute atomic E-state index is 11.0. The molecule has 0 atom stereocenters. The highest BCUT2D eigenvalue weighted by Gasteiger charge is 2.06. The number of para-hydroxylation sites is 1. The van der Waals surface area contributed by atoms with Gasteiger partial charge in [0.25, 0.3) is 0 Å². The molecule has 1 aliphatic rings. The van der Waals surface area contributed by atoms with E-state index in [1.54, 1.807) is 18.2 Å². The Balaban J connectivity index is 1.98. The second kappa shape index (κ2) is 3.83. The predicted octanol–water partition coefficient (Wildman–Crippen LogP) is 1.85. The van der Waals surface area contributed by atoms with Gasteiger partial charge in [-0.15, -0.1) is 0 Å². The van der Waals surface area contributed by atoms with Crippen LogP contribution in [0.5, 0.6) is 11.5 Å². The van der Waals surface area contributed by atoms with E-state index in [9.17, 15) is 4.79 Å². The lowest BCUT2D eigenvalue weighted by atomic mass is 10.3. The van der Waals surface area contributed by atoms with Crippen molar-refractivity contribution in [3.63, 3.8) is 0 Å². The quantitative estimate of drug-likeness (QED) is 0.781. The van der Waals surface area contributed by atoms with E-state index in [0.717, 1.165) is 5.75 Å². The van der Waals surface area contributed by atoms with Crippen molar-refractivity contribution in [3.8, 4) is 11.5 Å². The fourth-order valence-corrected chi connectivity index (χ4v) is 1.61. The summed E-state index contributed by atoms with van der Waals surface area (Å²) in [4.78, 5) is 18.5. The van der Waals surface area contributed by atoms with Crippen molar-refractivity contribution < 1.29 is 9.53 Å². The second-order valence-corrected chi connectivity index (χ2v) is 3.57. The first-order valence-electron chi connectivity index (χ1n) is 5.16. The summed E-state index contributed by atoms with van der Waals surface area (Å²) in [6, 6.07) is 14.2. The van der Waals surface area contributed by atoms with E-state index >= 15 is 0 Å². The third-order valence-corrected chi connectivity index (χ3v) is 2.36. The summed E-state index contributed by atoms with van der Waals surface area (Å²) in [5.41, 5.74) is 0. The molecule has 1 heterocycles. The average Bonchev–Trinajstić information content (AvgIpc) is 2.70. The lowest BCUT2D eigenvalue weighted by Gasteiger charge is -2.03. The van der Waals surface area contributed by atoms with Crippen LogP contribution in [0.15, 0.2) is 58.5 Å². The Hall–Kier alpha value is -2.49. The van der Waals surface area contributed by atoms with E-state index in [4.69, 9.17) is 4.74 Å². The average molecular weight is 224 g/mol. The summed E-state index contributed by atoms with van der Waals surface area (Å²) < 4.78 is 5.63. The third-order valence-electron chi connectivity index (χ3n) is 2.36. The van der Waals surface area contributed by atoms with Gasteiger partial charge >= 0.3 is 6.03 Å². The number of hydrogen-bond acceptors (Lipinski definition) is 2. The fourth-order valence-electron chi connectivity index (χ4n) is 1.61. The lowest BCUT2D eigenvalue weighted by molar-refractivity contribution is 0.256. The van der Waals surface area contributed by atoms with Crippen LogP contribution in [-0.4, -0.2) is 6.03 Å². The first-order valence-corrected chi connectivity index (χ1v) is 5.16. The van der Waals surface area contributed by atoms with Crippen LogP contribution in [0.1, 0.15) is 0 Å². The predicted molar refractivity (Wildman–Crippen MR) is 60.7 cm³/mol. The normalized spacial score (nSPS) is 12.6. The molecule has 2 amide bonds. The Morgan fingerprint density at radius 2 is 1.59 bits per heavy atom. The summed E-state index contributed by atoms with van der Waals surface area (Å²) in [5, 5.41) is 1.15. The Morgan fingerprint density at radius 1 is 0.824 bits per heavy atom.